The number of para-hydroxylation sites is 1. The maximum Gasteiger partial charge on any atom is 0.490 e. The van der Waals surface area contributed by atoms with E-state index in [1.165, 1.54) is 53.7 Å². The molecule has 1 saturated heterocycles. The molecule has 1 amide bonds. The van der Waals surface area contributed by atoms with Crippen LogP contribution in [0, 0.1) is 0 Å². The molecule has 212 valence electrons. The van der Waals surface area contributed by atoms with Crippen molar-refractivity contribution in [2.45, 2.75) is 45.3 Å². The second-order valence-corrected chi connectivity index (χ2v) is 9.94. The number of fused-ring (bicyclic) bond motifs is 2. The summed E-state index contributed by atoms with van der Waals surface area (Å²) in [6.07, 6.45) is -0.548. The summed E-state index contributed by atoms with van der Waals surface area (Å²) < 4.78 is 37.7. The van der Waals surface area contributed by atoms with Crippen LogP contribution >= 0.6 is 0 Å². The topological polar surface area (TPSA) is 70.1 Å². The van der Waals surface area contributed by atoms with E-state index in [-0.39, 0.29) is 5.91 Å². The molecule has 1 fully saturated rings. The molecule has 0 aliphatic carbocycles. The number of carboxylic acid groups (broad SMARTS) is 1. The highest BCUT2D eigenvalue weighted by atomic mass is 19.4. The molecule has 9 heteroatoms. The van der Waals surface area contributed by atoms with Gasteiger partial charge in [-0.1, -0.05) is 48.5 Å². The highest BCUT2D eigenvalue weighted by molar-refractivity contribution is 5.92. The molecule has 0 radical (unpaired) electrons. The molecule has 0 atom stereocenters. The maximum absolute atomic E-state index is 12.4. The van der Waals surface area contributed by atoms with E-state index >= 15 is 0 Å². The number of carboxylic acids is 1. The molecule has 40 heavy (non-hydrogen) atoms. The Kier molecular flexibility index (Phi) is 9.47. The summed E-state index contributed by atoms with van der Waals surface area (Å²) in [5, 5.41) is 7.12. The van der Waals surface area contributed by atoms with Gasteiger partial charge in [0.05, 0.1) is 6.54 Å². The second-order valence-electron chi connectivity index (χ2n) is 9.94. The Labute approximate surface area is 232 Å². The monoisotopic (exact) mass is 554 g/mol. The number of aliphatic carboxylic acids is 1. The zero-order valence-electron chi connectivity index (χ0n) is 22.4. The van der Waals surface area contributed by atoms with Crippen molar-refractivity contribution in [3.8, 4) is 16.9 Å². The molecule has 0 unspecified atom stereocenters. The molecule has 6 nitrogen and oxygen atoms in total. The number of rotatable bonds is 5. The van der Waals surface area contributed by atoms with Crippen LogP contribution in [0.4, 0.5) is 18.9 Å². The smallest absolute Gasteiger partial charge is 0.490 e. The lowest BCUT2D eigenvalue weighted by Gasteiger charge is -2.28. The number of halogens is 3. The molecule has 2 aliphatic rings. The van der Waals surface area contributed by atoms with Crippen LogP contribution in [0.2, 0.25) is 0 Å². The Balaban J connectivity index is 0.000000470. The van der Waals surface area contributed by atoms with Crippen molar-refractivity contribution >= 4 is 17.6 Å². The van der Waals surface area contributed by atoms with Crippen LogP contribution in [0.1, 0.15) is 36.5 Å². The molecule has 2 aliphatic heterocycles. The van der Waals surface area contributed by atoms with Crippen molar-refractivity contribution in [3.05, 3.63) is 83.4 Å². The van der Waals surface area contributed by atoms with Gasteiger partial charge in [0, 0.05) is 19.2 Å². The lowest BCUT2D eigenvalue weighted by Crippen LogP contribution is -2.30. The van der Waals surface area contributed by atoms with Gasteiger partial charge < -0.3 is 14.7 Å². The van der Waals surface area contributed by atoms with Gasteiger partial charge >= 0.3 is 12.1 Å². The third kappa shape index (κ3) is 7.63. The zero-order valence-corrected chi connectivity index (χ0v) is 22.4. The van der Waals surface area contributed by atoms with Gasteiger partial charge in [0.15, 0.2) is 0 Å². The Morgan fingerprint density at radius 3 is 2.15 bits per heavy atom. The number of ether oxygens (including phenoxy) is 1. The number of alkyl halides is 3. The number of benzene rings is 3. The van der Waals surface area contributed by atoms with Crippen molar-refractivity contribution in [1.82, 2.24) is 4.90 Å². The number of aryl methyl sites for hydroxylation is 2. The van der Waals surface area contributed by atoms with Crippen LogP contribution < -0.4 is 9.64 Å². The van der Waals surface area contributed by atoms with Gasteiger partial charge in [-0.2, -0.15) is 13.2 Å². The van der Waals surface area contributed by atoms with Gasteiger partial charge in [0.2, 0.25) is 5.91 Å². The van der Waals surface area contributed by atoms with Crippen LogP contribution in [0.15, 0.2) is 66.7 Å². The first-order chi connectivity index (χ1) is 19.1. The minimum Gasteiger partial charge on any atom is -0.492 e. The van der Waals surface area contributed by atoms with Crippen molar-refractivity contribution in [3.63, 3.8) is 0 Å². The fourth-order valence-corrected chi connectivity index (χ4v) is 5.03. The number of nitrogens with zero attached hydrogens (tertiary/aromatic N) is 2. The quantitative estimate of drug-likeness (QED) is 0.412. The van der Waals surface area contributed by atoms with E-state index in [1.54, 1.807) is 6.92 Å². The number of likely N-dealkylation sites (tertiary alicyclic amines) is 1. The largest absolute Gasteiger partial charge is 0.492 e. The van der Waals surface area contributed by atoms with E-state index in [1.807, 2.05) is 11.0 Å². The minimum absolute atomic E-state index is 0.0831. The molecule has 5 rings (SSSR count). The van der Waals surface area contributed by atoms with Crippen molar-refractivity contribution in [2.75, 3.05) is 31.1 Å². The Hall–Kier alpha value is -3.85. The van der Waals surface area contributed by atoms with E-state index < -0.39 is 12.1 Å². The van der Waals surface area contributed by atoms with Gasteiger partial charge in [-0.15, -0.1) is 0 Å². The average molecular weight is 555 g/mol. The molecule has 0 bridgehead atoms. The first-order valence-corrected chi connectivity index (χ1v) is 13.4. The number of carbonyl (C=O) groups is 2. The molecular formula is C31H33F3N2O4. The fourth-order valence-electron chi connectivity index (χ4n) is 5.03. The van der Waals surface area contributed by atoms with Gasteiger partial charge in [-0.3, -0.25) is 9.69 Å². The molecule has 2 heterocycles. The van der Waals surface area contributed by atoms with Crippen LogP contribution in [0.3, 0.4) is 0 Å². The Bertz CT molecular complexity index is 1320. The van der Waals surface area contributed by atoms with E-state index in [9.17, 15) is 18.0 Å². The van der Waals surface area contributed by atoms with Crippen molar-refractivity contribution in [2.24, 2.45) is 0 Å². The number of carbonyl (C=O) groups excluding carboxylic acids is 1. The van der Waals surface area contributed by atoms with E-state index in [0.29, 0.717) is 6.54 Å². The van der Waals surface area contributed by atoms with Crippen molar-refractivity contribution < 1.29 is 32.6 Å². The van der Waals surface area contributed by atoms with Gasteiger partial charge in [0.1, 0.15) is 12.4 Å². The van der Waals surface area contributed by atoms with E-state index in [4.69, 9.17) is 14.6 Å². The van der Waals surface area contributed by atoms with Crippen LogP contribution in [-0.4, -0.2) is 54.3 Å². The molecule has 3 aromatic carbocycles. The van der Waals surface area contributed by atoms with Crippen molar-refractivity contribution in [1.29, 1.82) is 0 Å². The highest BCUT2D eigenvalue weighted by Crippen LogP contribution is 2.31. The van der Waals surface area contributed by atoms with Gasteiger partial charge in [0.25, 0.3) is 0 Å². The molecule has 0 saturated carbocycles. The normalized spacial score (nSPS) is 15.2. The summed E-state index contributed by atoms with van der Waals surface area (Å²) in [5.41, 5.74) is 7.22. The summed E-state index contributed by atoms with van der Waals surface area (Å²) in [6.45, 7) is 6.43. The van der Waals surface area contributed by atoms with E-state index in [2.05, 4.69) is 65.6 Å². The molecule has 1 N–H and O–H groups in total. The standard InChI is InChI=1S/C29H32N2O2.C2HF3O2/c1-22(32)31-21-27-11-10-25(20-26(27)9-8-24-6-2-3-7-29(24)31)23-12-14-28(15-13-23)33-19-18-30-16-4-5-17-30;3-2(4,5)1(6)7/h2-3,6-7,10-15,20H,4-5,8-9,16-19,21H2,1H3;(H,6,7). The lowest BCUT2D eigenvalue weighted by molar-refractivity contribution is -0.192. The van der Waals surface area contributed by atoms with E-state index in [0.717, 1.165) is 37.4 Å². The Morgan fingerprint density at radius 2 is 1.50 bits per heavy atom. The number of hydrogen-bond acceptors (Lipinski definition) is 4. The minimum atomic E-state index is -5.08. The number of hydrogen-bond donors (Lipinski definition) is 1. The third-order valence-corrected chi connectivity index (χ3v) is 7.17. The summed E-state index contributed by atoms with van der Waals surface area (Å²) in [5.74, 6) is -1.75. The van der Waals surface area contributed by atoms with Gasteiger partial charge in [-0.25, -0.2) is 4.79 Å². The molecule has 3 aromatic rings. The second kappa shape index (κ2) is 13.0. The maximum atomic E-state index is 12.4. The SMILES string of the molecule is CC(=O)N1Cc2ccc(-c3ccc(OCCN4CCCC4)cc3)cc2CCc2ccccc21.O=C(O)C(F)(F)F. The first kappa shape index (κ1) is 29.1. The Morgan fingerprint density at radius 1 is 0.875 bits per heavy atom. The molecular weight excluding hydrogens is 521 g/mol. The number of amides is 1. The van der Waals surface area contributed by atoms with Crippen LogP contribution in [0.5, 0.6) is 5.75 Å². The van der Waals surface area contributed by atoms with Gasteiger partial charge in [-0.05, 0) is 84.8 Å². The lowest BCUT2D eigenvalue weighted by atomic mass is 9.92. The zero-order chi connectivity index (χ0) is 28.7. The molecule has 0 aromatic heterocycles. The first-order valence-electron chi connectivity index (χ1n) is 13.4. The summed E-state index contributed by atoms with van der Waals surface area (Å²) in [6, 6.07) is 23.4. The third-order valence-electron chi connectivity index (χ3n) is 7.17. The highest BCUT2D eigenvalue weighted by Gasteiger charge is 2.38. The predicted molar refractivity (Wildman–Crippen MR) is 147 cm³/mol. The van der Waals surface area contributed by atoms with Crippen LogP contribution in [0.25, 0.3) is 11.1 Å². The number of anilines is 1. The summed E-state index contributed by atoms with van der Waals surface area (Å²) in [7, 11) is 0. The fraction of sp³-hybridized carbons (Fsp3) is 0.355. The molecule has 0 spiro atoms. The average Bonchev–Trinajstić information content (AvgIpc) is 3.43. The summed E-state index contributed by atoms with van der Waals surface area (Å²) in [4.78, 5) is 25.7. The summed E-state index contributed by atoms with van der Waals surface area (Å²) >= 11 is 0. The predicted octanol–water partition coefficient (Wildman–Crippen LogP) is 6.11. The van der Waals surface area contributed by atoms with Crippen LogP contribution in [-0.2, 0) is 29.0 Å².